The number of carbonyl (C=O) groups is 3. The van der Waals surface area contributed by atoms with Gasteiger partial charge >= 0.3 is 11.9 Å². The highest BCUT2D eigenvalue weighted by Gasteiger charge is 2.46. The van der Waals surface area contributed by atoms with Crippen molar-refractivity contribution in [1.82, 2.24) is 10.2 Å². The molecule has 0 aliphatic carbocycles. The normalized spacial score (nSPS) is 19.2. The molecule has 0 aromatic heterocycles. The van der Waals surface area contributed by atoms with Crippen molar-refractivity contribution in [3.8, 4) is 5.75 Å². The highest BCUT2D eigenvalue weighted by atomic mass is 16.5. The summed E-state index contributed by atoms with van der Waals surface area (Å²) in [6, 6.07) is 6.42. The van der Waals surface area contributed by atoms with Gasteiger partial charge < -0.3 is 24.4 Å². The molecule has 8 nitrogen and oxygen atoms in total. The van der Waals surface area contributed by atoms with Gasteiger partial charge in [0.15, 0.2) is 0 Å². The van der Waals surface area contributed by atoms with E-state index >= 15 is 0 Å². The van der Waals surface area contributed by atoms with E-state index in [2.05, 4.69) is 14.8 Å². The third-order valence-corrected chi connectivity index (χ3v) is 4.31. The first-order valence-electron chi connectivity index (χ1n) is 8.62. The van der Waals surface area contributed by atoms with E-state index in [9.17, 15) is 14.4 Å². The number of rotatable bonds is 8. The first kappa shape index (κ1) is 21.0. The average Bonchev–Trinajstić information content (AvgIpc) is 2.71. The maximum absolute atomic E-state index is 12.5. The van der Waals surface area contributed by atoms with Crippen LogP contribution in [0.15, 0.2) is 42.1 Å². The molecule has 8 heteroatoms. The van der Waals surface area contributed by atoms with Crippen LogP contribution in [0, 0.1) is 0 Å². The molecule has 2 atom stereocenters. The van der Waals surface area contributed by atoms with Crippen LogP contribution in [0.4, 0.5) is 0 Å². The van der Waals surface area contributed by atoms with Gasteiger partial charge in [-0.2, -0.15) is 0 Å². The lowest BCUT2D eigenvalue weighted by Crippen LogP contribution is -2.69. The molecule has 1 saturated heterocycles. The number of β-lactam (4-membered cyclic amide) rings is 1. The molecule has 150 valence electrons. The number of nitrogens with one attached hydrogen (secondary N) is 1. The van der Waals surface area contributed by atoms with Gasteiger partial charge in [-0.15, -0.1) is 0 Å². The van der Waals surface area contributed by atoms with Crippen molar-refractivity contribution >= 4 is 23.9 Å². The Bertz CT molecular complexity index is 802. The molecule has 2 rings (SSSR count). The molecular weight excluding hydrogens is 364 g/mol. The largest absolute Gasteiger partial charge is 0.496 e. The van der Waals surface area contributed by atoms with Crippen LogP contribution in [-0.4, -0.2) is 62.7 Å². The second kappa shape index (κ2) is 9.59. The average molecular weight is 388 g/mol. The van der Waals surface area contributed by atoms with Crippen LogP contribution in [0.5, 0.6) is 5.75 Å². The highest BCUT2D eigenvalue weighted by Crippen LogP contribution is 2.25. The summed E-state index contributed by atoms with van der Waals surface area (Å²) in [5.74, 6) is -0.610. The Morgan fingerprint density at radius 2 is 1.89 bits per heavy atom. The van der Waals surface area contributed by atoms with Gasteiger partial charge in [-0.25, -0.2) is 4.79 Å². The number of hydrogen-bond donors (Lipinski definition) is 1. The number of nitrogens with zero attached hydrogens (tertiary/aromatic N) is 1. The maximum Gasteiger partial charge on any atom is 0.332 e. The van der Waals surface area contributed by atoms with E-state index in [1.165, 1.54) is 25.2 Å². The molecule has 0 spiro atoms. The summed E-state index contributed by atoms with van der Waals surface area (Å²) in [6.07, 6.45) is 4.90. The Kier molecular flexibility index (Phi) is 7.20. The third kappa shape index (κ3) is 4.91. The van der Waals surface area contributed by atoms with Gasteiger partial charge in [0.25, 0.3) is 0 Å². The van der Waals surface area contributed by atoms with Crippen LogP contribution in [0.2, 0.25) is 0 Å². The van der Waals surface area contributed by atoms with E-state index in [0.29, 0.717) is 11.4 Å². The minimum absolute atomic E-state index is 0.159. The lowest BCUT2D eigenvalue weighted by Gasteiger charge is -2.45. The van der Waals surface area contributed by atoms with Gasteiger partial charge in [-0.1, -0.05) is 30.4 Å². The molecule has 1 fully saturated rings. The number of allylic oxidation sites excluding steroid dienone is 1. The zero-order valence-electron chi connectivity index (χ0n) is 16.3. The topological polar surface area (TPSA) is 94.2 Å². The van der Waals surface area contributed by atoms with Crippen LogP contribution in [0.25, 0.3) is 6.08 Å². The smallest absolute Gasteiger partial charge is 0.332 e. The monoisotopic (exact) mass is 388 g/mol. The van der Waals surface area contributed by atoms with Gasteiger partial charge in [0, 0.05) is 17.3 Å². The number of amides is 1. The molecular formula is C20H24N2O6. The lowest BCUT2D eigenvalue weighted by atomic mass is 9.93. The number of ether oxygens (including phenoxy) is 3. The van der Waals surface area contributed by atoms with Crippen molar-refractivity contribution in [3.05, 3.63) is 47.7 Å². The molecule has 0 unspecified atom stereocenters. The van der Waals surface area contributed by atoms with Crippen molar-refractivity contribution < 1.29 is 28.6 Å². The van der Waals surface area contributed by atoms with Crippen LogP contribution >= 0.6 is 0 Å². The molecule has 1 aromatic rings. The van der Waals surface area contributed by atoms with Crippen molar-refractivity contribution in [3.63, 3.8) is 0 Å². The molecule has 1 aromatic carbocycles. The van der Waals surface area contributed by atoms with E-state index < -0.39 is 24.0 Å². The van der Waals surface area contributed by atoms with E-state index in [1.807, 2.05) is 36.4 Å². The summed E-state index contributed by atoms with van der Waals surface area (Å²) >= 11 is 0. The standard InChI is InChI=1S/C20H24N2O6/c1-13(11-17(23)27-3)21-19-15(22(20(19)25)12-18(24)28-4)10-9-14-7-5-6-8-16(14)26-2/h5-11,15,19,21H,12H2,1-4H3/b10-9+,13-11+/t15-,19+/m1/s1. The summed E-state index contributed by atoms with van der Waals surface area (Å²) in [5.41, 5.74) is 1.32. The van der Waals surface area contributed by atoms with Crippen molar-refractivity contribution in [2.24, 2.45) is 0 Å². The van der Waals surface area contributed by atoms with Crippen LogP contribution in [0.1, 0.15) is 12.5 Å². The molecule has 1 aliphatic rings. The number of esters is 2. The number of benzene rings is 1. The van der Waals surface area contributed by atoms with Gasteiger partial charge in [0.2, 0.25) is 5.91 Å². The van der Waals surface area contributed by atoms with Gasteiger partial charge in [0.05, 0.1) is 27.4 Å². The predicted octanol–water partition coefficient (Wildman–Crippen LogP) is 1.13. The van der Waals surface area contributed by atoms with Crippen molar-refractivity contribution in [2.75, 3.05) is 27.9 Å². The molecule has 0 bridgehead atoms. The van der Waals surface area contributed by atoms with Crippen molar-refractivity contribution in [2.45, 2.75) is 19.0 Å². The highest BCUT2D eigenvalue weighted by molar-refractivity contribution is 5.94. The number of likely N-dealkylation sites (tertiary alicyclic amines) is 1. The van der Waals surface area contributed by atoms with Crippen molar-refractivity contribution in [1.29, 1.82) is 0 Å². The fourth-order valence-electron chi connectivity index (χ4n) is 2.85. The van der Waals surface area contributed by atoms with E-state index in [-0.39, 0.29) is 12.5 Å². The zero-order valence-corrected chi connectivity index (χ0v) is 16.3. The maximum atomic E-state index is 12.5. The number of carbonyl (C=O) groups excluding carboxylic acids is 3. The summed E-state index contributed by atoms with van der Waals surface area (Å²) in [4.78, 5) is 36.9. The first-order valence-corrected chi connectivity index (χ1v) is 8.62. The molecule has 28 heavy (non-hydrogen) atoms. The second-order valence-corrected chi connectivity index (χ2v) is 6.11. The van der Waals surface area contributed by atoms with Gasteiger partial charge in [0.1, 0.15) is 18.3 Å². The first-order chi connectivity index (χ1) is 13.4. The Balaban J connectivity index is 2.22. The van der Waals surface area contributed by atoms with E-state index in [1.54, 1.807) is 14.0 Å². The summed E-state index contributed by atoms with van der Waals surface area (Å²) in [7, 11) is 4.12. The number of methoxy groups -OCH3 is 3. The molecule has 1 aliphatic heterocycles. The fourth-order valence-corrected chi connectivity index (χ4v) is 2.85. The molecule has 1 amide bonds. The van der Waals surface area contributed by atoms with Gasteiger partial charge in [-0.05, 0) is 13.0 Å². The lowest BCUT2D eigenvalue weighted by molar-refractivity contribution is -0.157. The Morgan fingerprint density at radius 1 is 1.18 bits per heavy atom. The minimum atomic E-state index is -0.614. The van der Waals surface area contributed by atoms with Gasteiger partial charge in [-0.3, -0.25) is 9.59 Å². The van der Waals surface area contributed by atoms with E-state index in [0.717, 1.165) is 5.56 Å². The number of hydrogen-bond acceptors (Lipinski definition) is 7. The fraction of sp³-hybridized carbons (Fsp3) is 0.350. The quantitative estimate of drug-likeness (QED) is 0.405. The molecule has 1 N–H and O–H groups in total. The summed E-state index contributed by atoms with van der Waals surface area (Å²) in [6.45, 7) is 1.50. The Hall–Kier alpha value is -3.29. The summed E-state index contributed by atoms with van der Waals surface area (Å²) in [5, 5.41) is 3.00. The number of para-hydroxylation sites is 1. The summed E-state index contributed by atoms with van der Waals surface area (Å²) < 4.78 is 14.6. The van der Waals surface area contributed by atoms with Crippen LogP contribution < -0.4 is 10.1 Å². The Labute approximate surface area is 163 Å². The third-order valence-electron chi connectivity index (χ3n) is 4.31. The molecule has 1 heterocycles. The minimum Gasteiger partial charge on any atom is -0.496 e. The zero-order chi connectivity index (χ0) is 20.7. The van der Waals surface area contributed by atoms with Crippen LogP contribution in [0.3, 0.4) is 0 Å². The van der Waals surface area contributed by atoms with Crippen LogP contribution in [-0.2, 0) is 23.9 Å². The Morgan fingerprint density at radius 3 is 2.54 bits per heavy atom. The second-order valence-electron chi connectivity index (χ2n) is 6.11. The molecule has 0 radical (unpaired) electrons. The SMILES string of the molecule is COC(=O)/C=C(\C)N[C@@H]1C(=O)N(CC(=O)OC)[C@@H]1/C=C/c1ccccc1OC. The predicted molar refractivity (Wildman–Crippen MR) is 102 cm³/mol. The molecule has 0 saturated carbocycles. The van der Waals surface area contributed by atoms with E-state index in [4.69, 9.17) is 4.74 Å².